The second-order valence-corrected chi connectivity index (χ2v) is 6.25. The first kappa shape index (κ1) is 15.2. The third-order valence-corrected chi connectivity index (χ3v) is 4.13. The Morgan fingerprint density at radius 3 is 2.41 bits per heavy atom. The highest BCUT2D eigenvalue weighted by atomic mass is 35.5. The summed E-state index contributed by atoms with van der Waals surface area (Å²) in [5.74, 6) is 1.89. The van der Waals surface area contributed by atoms with E-state index >= 15 is 0 Å². The van der Waals surface area contributed by atoms with Gasteiger partial charge in [-0.2, -0.15) is 0 Å². The maximum atomic E-state index is 5.83. The number of imidazole rings is 1. The zero-order valence-electron chi connectivity index (χ0n) is 13.0. The molecule has 0 N–H and O–H groups in total. The summed E-state index contributed by atoms with van der Waals surface area (Å²) in [6.07, 6.45) is 7.23. The third-order valence-electron chi connectivity index (χ3n) is 3.93. The van der Waals surface area contributed by atoms with Crippen LogP contribution in [0.2, 0.25) is 5.02 Å². The minimum Gasteiger partial charge on any atom is -0.338 e. The first-order chi connectivity index (χ1) is 10.6. The maximum Gasteiger partial charge on any atom is 0.225 e. The van der Waals surface area contributed by atoms with Crippen molar-refractivity contribution < 1.29 is 0 Å². The van der Waals surface area contributed by atoms with Crippen molar-refractivity contribution in [2.45, 2.75) is 26.4 Å². The van der Waals surface area contributed by atoms with Crippen LogP contribution in [0.3, 0.4) is 0 Å². The van der Waals surface area contributed by atoms with Gasteiger partial charge in [0.05, 0.1) is 24.0 Å². The Labute approximate surface area is 135 Å². The molecule has 118 valence electrons. The summed E-state index contributed by atoms with van der Waals surface area (Å²) >= 11 is 5.83. The number of rotatable bonds is 4. The highest BCUT2D eigenvalue weighted by Gasteiger charge is 2.20. The second-order valence-electron chi connectivity index (χ2n) is 5.81. The van der Waals surface area contributed by atoms with Crippen LogP contribution >= 0.6 is 11.6 Å². The Bertz CT molecular complexity index is 601. The van der Waals surface area contributed by atoms with Crippen LogP contribution in [0.1, 0.15) is 25.7 Å². The molecule has 0 aromatic carbocycles. The first-order valence-electron chi connectivity index (χ1n) is 7.60. The summed E-state index contributed by atoms with van der Waals surface area (Å²) in [5, 5.41) is 0.572. The van der Waals surface area contributed by atoms with E-state index in [4.69, 9.17) is 11.6 Å². The molecule has 0 aliphatic carbocycles. The summed E-state index contributed by atoms with van der Waals surface area (Å²) in [4.78, 5) is 17.7. The van der Waals surface area contributed by atoms with Crippen LogP contribution in [0.4, 0.5) is 5.95 Å². The van der Waals surface area contributed by atoms with Crippen molar-refractivity contribution in [1.82, 2.24) is 24.4 Å². The van der Waals surface area contributed by atoms with E-state index in [1.165, 1.54) is 0 Å². The van der Waals surface area contributed by atoms with Crippen molar-refractivity contribution in [1.29, 1.82) is 0 Å². The molecule has 6 nitrogen and oxygen atoms in total. The highest BCUT2D eigenvalue weighted by Crippen LogP contribution is 2.15. The predicted molar refractivity (Wildman–Crippen MR) is 87.1 cm³/mol. The molecule has 7 heteroatoms. The minimum atomic E-state index is 0.446. The minimum absolute atomic E-state index is 0.446. The largest absolute Gasteiger partial charge is 0.338 e. The SMILES string of the molecule is CC(C)n1ccnc1CN1CCN(c2ncc(Cl)cn2)CC1. The number of piperazine rings is 1. The van der Waals surface area contributed by atoms with Gasteiger partial charge in [0, 0.05) is 44.6 Å². The topological polar surface area (TPSA) is 50.1 Å². The Morgan fingerprint density at radius 1 is 1.09 bits per heavy atom. The smallest absolute Gasteiger partial charge is 0.225 e. The fourth-order valence-electron chi connectivity index (χ4n) is 2.71. The van der Waals surface area contributed by atoms with Gasteiger partial charge in [-0.05, 0) is 13.8 Å². The molecule has 1 fully saturated rings. The van der Waals surface area contributed by atoms with E-state index in [9.17, 15) is 0 Å². The molecule has 3 heterocycles. The van der Waals surface area contributed by atoms with Crippen LogP contribution < -0.4 is 4.90 Å². The Morgan fingerprint density at radius 2 is 1.77 bits per heavy atom. The summed E-state index contributed by atoms with van der Waals surface area (Å²) < 4.78 is 2.23. The first-order valence-corrected chi connectivity index (χ1v) is 7.98. The molecule has 0 amide bonds. The van der Waals surface area contributed by atoms with Crippen molar-refractivity contribution in [2.75, 3.05) is 31.1 Å². The van der Waals surface area contributed by atoms with E-state index in [0.717, 1.165) is 44.5 Å². The Hall–Kier alpha value is -1.66. The van der Waals surface area contributed by atoms with Gasteiger partial charge in [-0.3, -0.25) is 4.90 Å². The number of hydrogen-bond donors (Lipinski definition) is 0. The van der Waals surface area contributed by atoms with Gasteiger partial charge in [-0.25, -0.2) is 15.0 Å². The van der Waals surface area contributed by atoms with Crippen LogP contribution in [-0.2, 0) is 6.54 Å². The molecule has 0 saturated carbocycles. The predicted octanol–water partition coefficient (Wildman–Crippen LogP) is 2.23. The van der Waals surface area contributed by atoms with Gasteiger partial charge in [0.1, 0.15) is 5.82 Å². The molecule has 1 aliphatic heterocycles. The number of aromatic nitrogens is 4. The van der Waals surface area contributed by atoms with Crippen molar-refractivity contribution >= 4 is 17.5 Å². The maximum absolute atomic E-state index is 5.83. The summed E-state index contributed by atoms with van der Waals surface area (Å²) in [6.45, 7) is 9.06. The standard InChI is InChI=1S/C15H21ClN6/c1-12(2)22-4-3-17-14(22)11-20-5-7-21(8-6-20)15-18-9-13(16)10-19-15/h3-4,9-10,12H,5-8,11H2,1-2H3. The van der Waals surface area contributed by atoms with Crippen molar-refractivity contribution in [3.8, 4) is 0 Å². The molecule has 0 atom stereocenters. The Balaban J connectivity index is 1.57. The lowest BCUT2D eigenvalue weighted by Crippen LogP contribution is -2.46. The molecule has 1 aliphatic rings. The third kappa shape index (κ3) is 3.39. The van der Waals surface area contributed by atoms with E-state index in [2.05, 4.69) is 49.4 Å². The lowest BCUT2D eigenvalue weighted by molar-refractivity contribution is 0.238. The van der Waals surface area contributed by atoms with Gasteiger partial charge in [0.25, 0.3) is 0 Å². The van der Waals surface area contributed by atoms with Crippen LogP contribution in [0.5, 0.6) is 0 Å². The van der Waals surface area contributed by atoms with Gasteiger partial charge in [0.2, 0.25) is 5.95 Å². The molecule has 0 radical (unpaired) electrons. The average Bonchev–Trinajstić information content (AvgIpc) is 2.97. The highest BCUT2D eigenvalue weighted by molar-refractivity contribution is 6.30. The fraction of sp³-hybridized carbons (Fsp3) is 0.533. The number of halogens is 1. The van der Waals surface area contributed by atoms with Crippen LogP contribution in [-0.4, -0.2) is 50.6 Å². The zero-order chi connectivity index (χ0) is 15.5. The van der Waals surface area contributed by atoms with Crippen LogP contribution in [0, 0.1) is 0 Å². The van der Waals surface area contributed by atoms with Crippen molar-refractivity contribution in [2.24, 2.45) is 0 Å². The second kappa shape index (κ2) is 6.62. The quantitative estimate of drug-likeness (QED) is 0.864. The summed E-state index contributed by atoms with van der Waals surface area (Å²) in [5.41, 5.74) is 0. The molecule has 3 rings (SSSR count). The molecular weight excluding hydrogens is 300 g/mol. The van der Waals surface area contributed by atoms with Crippen LogP contribution in [0.15, 0.2) is 24.8 Å². The Kier molecular flexibility index (Phi) is 4.59. The van der Waals surface area contributed by atoms with E-state index in [-0.39, 0.29) is 0 Å². The lowest BCUT2D eigenvalue weighted by atomic mass is 10.3. The van der Waals surface area contributed by atoms with Gasteiger partial charge in [-0.15, -0.1) is 0 Å². The summed E-state index contributed by atoms with van der Waals surface area (Å²) in [6, 6.07) is 0.446. The molecule has 1 saturated heterocycles. The monoisotopic (exact) mass is 320 g/mol. The van der Waals surface area contributed by atoms with E-state index in [1.807, 2.05) is 6.20 Å². The van der Waals surface area contributed by atoms with E-state index in [0.29, 0.717) is 11.1 Å². The van der Waals surface area contributed by atoms with Gasteiger partial charge >= 0.3 is 0 Å². The van der Waals surface area contributed by atoms with E-state index in [1.54, 1.807) is 12.4 Å². The molecule has 22 heavy (non-hydrogen) atoms. The van der Waals surface area contributed by atoms with Crippen LogP contribution in [0.25, 0.3) is 0 Å². The summed E-state index contributed by atoms with van der Waals surface area (Å²) in [7, 11) is 0. The lowest BCUT2D eigenvalue weighted by Gasteiger charge is -2.34. The zero-order valence-corrected chi connectivity index (χ0v) is 13.7. The number of hydrogen-bond acceptors (Lipinski definition) is 5. The average molecular weight is 321 g/mol. The van der Waals surface area contributed by atoms with Crippen molar-refractivity contribution in [3.05, 3.63) is 35.6 Å². The molecular formula is C15H21ClN6. The van der Waals surface area contributed by atoms with Gasteiger partial charge in [0.15, 0.2) is 0 Å². The fourth-order valence-corrected chi connectivity index (χ4v) is 2.81. The van der Waals surface area contributed by atoms with Gasteiger partial charge in [-0.1, -0.05) is 11.6 Å². The molecule has 2 aromatic heterocycles. The molecule has 0 bridgehead atoms. The molecule has 0 spiro atoms. The molecule has 2 aromatic rings. The number of anilines is 1. The van der Waals surface area contributed by atoms with E-state index < -0.39 is 0 Å². The van der Waals surface area contributed by atoms with Crippen molar-refractivity contribution in [3.63, 3.8) is 0 Å². The van der Waals surface area contributed by atoms with Gasteiger partial charge < -0.3 is 9.47 Å². The molecule has 0 unspecified atom stereocenters. The number of nitrogens with zero attached hydrogens (tertiary/aromatic N) is 6. The normalized spacial score (nSPS) is 16.5.